The number of aliphatic carboxylic acids is 1. The molecule has 78 valence electrons. The van der Waals surface area contributed by atoms with Crippen LogP contribution in [0.1, 0.15) is 13.3 Å². The Hall–Kier alpha value is -1.59. The van der Waals surface area contributed by atoms with Gasteiger partial charge in [0, 0.05) is 7.05 Å². The summed E-state index contributed by atoms with van der Waals surface area (Å²) >= 11 is 0. The van der Waals surface area contributed by atoms with Crippen molar-refractivity contribution in [2.24, 2.45) is 5.92 Å². The van der Waals surface area contributed by atoms with Crippen molar-refractivity contribution in [3.8, 4) is 0 Å². The maximum atomic E-state index is 11.3. The molecule has 6 heteroatoms. The molecule has 0 aliphatic carbocycles. The molecule has 1 aliphatic heterocycles. The Balaban J connectivity index is 2.90. The highest BCUT2D eigenvalue weighted by atomic mass is 16.4. The van der Waals surface area contributed by atoms with Gasteiger partial charge in [-0.1, -0.05) is 6.92 Å². The van der Waals surface area contributed by atoms with Crippen molar-refractivity contribution in [1.82, 2.24) is 10.2 Å². The summed E-state index contributed by atoms with van der Waals surface area (Å²) in [7, 11) is 1.54. The Bertz CT molecular complexity index is 290. The minimum atomic E-state index is -1.01. The maximum absolute atomic E-state index is 11.3. The number of carboxylic acids is 1. The highest BCUT2D eigenvalue weighted by Gasteiger charge is 2.41. The van der Waals surface area contributed by atoms with Crippen LogP contribution >= 0.6 is 0 Å². The number of carboxylic acid groups (broad SMARTS) is 1. The lowest BCUT2D eigenvalue weighted by Crippen LogP contribution is -2.41. The highest BCUT2D eigenvalue weighted by Crippen LogP contribution is 2.18. The number of amides is 1. The second kappa shape index (κ2) is 3.65. The van der Waals surface area contributed by atoms with E-state index in [-0.39, 0.29) is 5.96 Å². The molecule has 1 fully saturated rings. The van der Waals surface area contributed by atoms with Crippen LogP contribution in [-0.4, -0.2) is 40.9 Å². The molecule has 2 unspecified atom stereocenters. The van der Waals surface area contributed by atoms with Gasteiger partial charge in [-0.3, -0.25) is 20.3 Å². The number of rotatable bonds is 3. The topological polar surface area (TPSA) is 93.5 Å². The van der Waals surface area contributed by atoms with Gasteiger partial charge in [0.05, 0.1) is 5.92 Å². The fourth-order valence-corrected chi connectivity index (χ4v) is 1.58. The zero-order valence-corrected chi connectivity index (χ0v) is 8.07. The Morgan fingerprint density at radius 1 is 1.79 bits per heavy atom. The summed E-state index contributed by atoms with van der Waals surface area (Å²) in [5, 5.41) is 18.5. The number of likely N-dealkylation sites (N-methyl/N-ethyl adjacent to an activating group) is 1. The fraction of sp³-hybridized carbons (Fsp3) is 0.625. The SMILES string of the molecule is CCC(C(=O)O)C1C(=O)NC(=N)N1C. The van der Waals surface area contributed by atoms with Crippen LogP contribution in [-0.2, 0) is 9.59 Å². The highest BCUT2D eigenvalue weighted by molar-refractivity contribution is 6.06. The predicted octanol–water partition coefficient (Wildman–Crippen LogP) is -0.538. The molecule has 2 atom stereocenters. The predicted molar refractivity (Wildman–Crippen MR) is 48.8 cm³/mol. The van der Waals surface area contributed by atoms with Gasteiger partial charge in [-0.05, 0) is 6.42 Å². The van der Waals surface area contributed by atoms with E-state index >= 15 is 0 Å². The molecule has 0 bridgehead atoms. The summed E-state index contributed by atoms with van der Waals surface area (Å²) < 4.78 is 0. The van der Waals surface area contributed by atoms with E-state index in [9.17, 15) is 9.59 Å². The summed E-state index contributed by atoms with van der Waals surface area (Å²) in [6.07, 6.45) is 0.366. The van der Waals surface area contributed by atoms with Gasteiger partial charge in [-0.15, -0.1) is 0 Å². The molecule has 1 aliphatic rings. The van der Waals surface area contributed by atoms with E-state index in [4.69, 9.17) is 10.5 Å². The number of nitrogens with one attached hydrogen (secondary N) is 2. The summed E-state index contributed by atoms with van der Waals surface area (Å²) in [5.41, 5.74) is 0. The van der Waals surface area contributed by atoms with E-state index in [2.05, 4.69) is 5.32 Å². The first-order valence-corrected chi connectivity index (χ1v) is 4.34. The Morgan fingerprint density at radius 2 is 2.36 bits per heavy atom. The summed E-state index contributed by atoms with van der Waals surface area (Å²) in [5.74, 6) is -2.22. The molecule has 1 saturated heterocycles. The van der Waals surface area contributed by atoms with E-state index in [1.807, 2.05) is 0 Å². The maximum Gasteiger partial charge on any atom is 0.309 e. The van der Waals surface area contributed by atoms with Crippen LogP contribution in [0, 0.1) is 11.3 Å². The zero-order valence-electron chi connectivity index (χ0n) is 8.07. The molecular formula is C8H13N3O3. The molecule has 0 aromatic rings. The summed E-state index contributed by atoms with van der Waals surface area (Å²) in [4.78, 5) is 23.5. The van der Waals surface area contributed by atoms with Crippen molar-refractivity contribution in [3.05, 3.63) is 0 Å². The first-order valence-electron chi connectivity index (χ1n) is 4.34. The van der Waals surface area contributed by atoms with Crippen LogP contribution in [0.3, 0.4) is 0 Å². The van der Waals surface area contributed by atoms with E-state index in [0.717, 1.165) is 0 Å². The van der Waals surface area contributed by atoms with Gasteiger partial charge in [0.25, 0.3) is 0 Å². The van der Waals surface area contributed by atoms with Crippen molar-refractivity contribution < 1.29 is 14.7 Å². The first kappa shape index (κ1) is 10.5. The molecular weight excluding hydrogens is 186 g/mol. The normalized spacial score (nSPS) is 23.6. The van der Waals surface area contributed by atoms with Crippen LogP contribution in [0.25, 0.3) is 0 Å². The average Bonchev–Trinajstić information content (AvgIpc) is 2.32. The summed E-state index contributed by atoms with van der Waals surface area (Å²) in [6.45, 7) is 1.71. The van der Waals surface area contributed by atoms with Gasteiger partial charge in [0.1, 0.15) is 6.04 Å². The van der Waals surface area contributed by atoms with Gasteiger partial charge >= 0.3 is 5.97 Å². The largest absolute Gasteiger partial charge is 0.481 e. The monoisotopic (exact) mass is 199 g/mol. The van der Waals surface area contributed by atoms with Gasteiger partial charge in [-0.2, -0.15) is 0 Å². The van der Waals surface area contributed by atoms with E-state index in [0.29, 0.717) is 6.42 Å². The van der Waals surface area contributed by atoms with Crippen LogP contribution in [0.2, 0.25) is 0 Å². The Kier molecular flexibility index (Phi) is 2.73. The zero-order chi connectivity index (χ0) is 10.9. The van der Waals surface area contributed by atoms with Crippen LogP contribution in [0.15, 0.2) is 0 Å². The number of guanidine groups is 1. The molecule has 3 N–H and O–H groups in total. The lowest BCUT2D eigenvalue weighted by Gasteiger charge is -2.22. The van der Waals surface area contributed by atoms with Crippen molar-refractivity contribution in [2.45, 2.75) is 19.4 Å². The van der Waals surface area contributed by atoms with Crippen LogP contribution in [0.5, 0.6) is 0 Å². The van der Waals surface area contributed by atoms with E-state index in [1.165, 1.54) is 11.9 Å². The standard InChI is InChI=1S/C8H13N3O3/c1-3-4(7(13)14)5-6(12)10-8(9)11(5)2/h4-5H,3H2,1-2H3,(H,13,14)(H2,9,10,12). The molecule has 1 amide bonds. The molecule has 14 heavy (non-hydrogen) atoms. The van der Waals surface area contributed by atoms with Crippen molar-refractivity contribution in [3.63, 3.8) is 0 Å². The minimum absolute atomic E-state index is 0.0419. The lowest BCUT2D eigenvalue weighted by atomic mass is 9.96. The Morgan fingerprint density at radius 3 is 2.64 bits per heavy atom. The lowest BCUT2D eigenvalue weighted by molar-refractivity contribution is -0.146. The number of hydrogen-bond donors (Lipinski definition) is 3. The van der Waals surface area contributed by atoms with Crippen molar-refractivity contribution in [1.29, 1.82) is 5.41 Å². The van der Waals surface area contributed by atoms with Crippen LogP contribution < -0.4 is 5.32 Å². The molecule has 1 heterocycles. The second-order valence-corrected chi connectivity index (χ2v) is 3.25. The quantitative estimate of drug-likeness (QED) is 0.569. The Labute approximate surface area is 81.4 Å². The van der Waals surface area contributed by atoms with E-state index < -0.39 is 23.8 Å². The first-order chi connectivity index (χ1) is 6.49. The second-order valence-electron chi connectivity index (χ2n) is 3.25. The molecule has 0 aromatic heterocycles. The van der Waals surface area contributed by atoms with E-state index in [1.54, 1.807) is 6.92 Å². The van der Waals surface area contributed by atoms with Crippen LogP contribution in [0.4, 0.5) is 0 Å². The summed E-state index contributed by atoms with van der Waals surface area (Å²) in [6, 6.07) is -0.759. The minimum Gasteiger partial charge on any atom is -0.481 e. The molecule has 1 rings (SSSR count). The van der Waals surface area contributed by atoms with Gasteiger partial charge in [0.15, 0.2) is 5.96 Å². The third-order valence-electron chi connectivity index (χ3n) is 2.42. The number of nitrogens with zero attached hydrogens (tertiary/aromatic N) is 1. The van der Waals surface area contributed by atoms with Crippen molar-refractivity contribution >= 4 is 17.8 Å². The number of hydrogen-bond acceptors (Lipinski definition) is 3. The number of carbonyl (C=O) groups excluding carboxylic acids is 1. The average molecular weight is 199 g/mol. The number of carbonyl (C=O) groups is 2. The molecule has 0 saturated carbocycles. The molecule has 6 nitrogen and oxygen atoms in total. The van der Waals surface area contributed by atoms with Gasteiger partial charge in [-0.25, -0.2) is 0 Å². The third-order valence-corrected chi connectivity index (χ3v) is 2.42. The van der Waals surface area contributed by atoms with Gasteiger partial charge < -0.3 is 10.0 Å². The molecule has 0 radical (unpaired) electrons. The smallest absolute Gasteiger partial charge is 0.309 e. The fourth-order valence-electron chi connectivity index (χ4n) is 1.58. The van der Waals surface area contributed by atoms with Crippen molar-refractivity contribution in [2.75, 3.05) is 7.05 Å². The molecule has 0 aromatic carbocycles. The molecule has 0 spiro atoms. The third kappa shape index (κ3) is 1.55. The van der Waals surface area contributed by atoms with Gasteiger partial charge in [0.2, 0.25) is 5.91 Å².